The Morgan fingerprint density at radius 1 is 1.38 bits per heavy atom. The number of amides is 1. The van der Waals surface area contributed by atoms with Gasteiger partial charge in [0.25, 0.3) is 5.91 Å². The van der Waals surface area contributed by atoms with E-state index in [9.17, 15) is 4.79 Å². The Kier molecular flexibility index (Phi) is 5.11. The van der Waals surface area contributed by atoms with Gasteiger partial charge in [-0.2, -0.15) is 0 Å². The van der Waals surface area contributed by atoms with Gasteiger partial charge in [0.05, 0.1) is 6.20 Å². The van der Waals surface area contributed by atoms with Crippen molar-refractivity contribution in [1.29, 1.82) is 0 Å². The molecule has 5 heteroatoms. The van der Waals surface area contributed by atoms with Gasteiger partial charge in [0.2, 0.25) is 0 Å². The molecule has 5 nitrogen and oxygen atoms in total. The smallest absolute Gasteiger partial charge is 0.254 e. The minimum atomic E-state index is 0.0572. The molecule has 1 saturated heterocycles. The van der Waals surface area contributed by atoms with Crippen molar-refractivity contribution in [1.82, 2.24) is 9.88 Å². The standard InChI is InChI=1S/C19H23N3O2/c1-14-7-8-18(12-21-14)24-13-15-4-2-5-16(10-15)19(23)22-9-3-6-17(22)11-20/h2,4-5,7-8,10,12,17H,3,6,9,11,13,20H2,1H3/t17-/m1/s1. The van der Waals surface area contributed by atoms with Gasteiger partial charge in [0.15, 0.2) is 0 Å². The highest BCUT2D eigenvalue weighted by atomic mass is 16.5. The number of hydrogen-bond acceptors (Lipinski definition) is 4. The van der Waals surface area contributed by atoms with Crippen LogP contribution in [-0.2, 0) is 6.61 Å². The van der Waals surface area contributed by atoms with Crippen LogP contribution in [-0.4, -0.2) is 34.9 Å². The van der Waals surface area contributed by atoms with Crippen molar-refractivity contribution < 1.29 is 9.53 Å². The van der Waals surface area contributed by atoms with Crippen LogP contribution in [0.5, 0.6) is 5.75 Å². The number of aryl methyl sites for hydroxylation is 1. The maximum absolute atomic E-state index is 12.7. The first kappa shape index (κ1) is 16.5. The zero-order valence-electron chi connectivity index (χ0n) is 13.9. The van der Waals surface area contributed by atoms with Crippen LogP contribution >= 0.6 is 0 Å². The molecule has 2 aromatic rings. The third-order valence-corrected chi connectivity index (χ3v) is 4.37. The molecule has 1 amide bonds. The summed E-state index contributed by atoms with van der Waals surface area (Å²) in [6, 6.07) is 11.6. The van der Waals surface area contributed by atoms with Crippen LogP contribution in [0.2, 0.25) is 0 Å². The third-order valence-electron chi connectivity index (χ3n) is 4.37. The van der Waals surface area contributed by atoms with E-state index in [0.717, 1.165) is 36.4 Å². The summed E-state index contributed by atoms with van der Waals surface area (Å²) in [4.78, 5) is 18.8. The summed E-state index contributed by atoms with van der Waals surface area (Å²) in [5.41, 5.74) is 8.38. The molecule has 2 heterocycles. The average molecular weight is 325 g/mol. The van der Waals surface area contributed by atoms with Crippen molar-refractivity contribution in [3.05, 3.63) is 59.4 Å². The lowest BCUT2D eigenvalue weighted by molar-refractivity contribution is 0.0741. The number of nitrogens with zero attached hydrogens (tertiary/aromatic N) is 2. The molecule has 1 aromatic heterocycles. The van der Waals surface area contributed by atoms with Gasteiger partial charge in [0, 0.05) is 30.4 Å². The van der Waals surface area contributed by atoms with Crippen LogP contribution in [0.4, 0.5) is 0 Å². The summed E-state index contributed by atoms with van der Waals surface area (Å²) < 4.78 is 5.74. The van der Waals surface area contributed by atoms with Gasteiger partial charge in [-0.25, -0.2) is 0 Å². The Bertz CT molecular complexity index is 700. The van der Waals surface area contributed by atoms with Crippen LogP contribution in [0.3, 0.4) is 0 Å². The van der Waals surface area contributed by atoms with Crippen molar-refractivity contribution in [2.45, 2.75) is 32.4 Å². The molecular weight excluding hydrogens is 302 g/mol. The second-order valence-electron chi connectivity index (χ2n) is 6.15. The number of carbonyl (C=O) groups excluding carboxylic acids is 1. The van der Waals surface area contributed by atoms with Crippen LogP contribution in [0.15, 0.2) is 42.6 Å². The lowest BCUT2D eigenvalue weighted by Crippen LogP contribution is -2.39. The minimum Gasteiger partial charge on any atom is -0.487 e. The first-order chi connectivity index (χ1) is 11.7. The van der Waals surface area contributed by atoms with E-state index in [1.165, 1.54) is 0 Å². The van der Waals surface area contributed by atoms with E-state index in [4.69, 9.17) is 10.5 Å². The number of hydrogen-bond donors (Lipinski definition) is 1. The molecule has 0 aliphatic carbocycles. The molecule has 1 aliphatic rings. The molecule has 3 rings (SSSR count). The number of nitrogens with two attached hydrogens (primary N) is 1. The molecule has 0 radical (unpaired) electrons. The Morgan fingerprint density at radius 3 is 3.00 bits per heavy atom. The van der Waals surface area contributed by atoms with Crippen molar-refractivity contribution in [2.24, 2.45) is 5.73 Å². The molecular formula is C19H23N3O2. The second kappa shape index (κ2) is 7.45. The van der Waals surface area contributed by atoms with E-state index >= 15 is 0 Å². The summed E-state index contributed by atoms with van der Waals surface area (Å²) in [6.07, 6.45) is 3.72. The molecule has 0 saturated carbocycles. The topological polar surface area (TPSA) is 68.5 Å². The van der Waals surface area contributed by atoms with Crippen LogP contribution in [0.1, 0.15) is 34.5 Å². The van der Waals surface area contributed by atoms with Gasteiger partial charge in [-0.15, -0.1) is 0 Å². The first-order valence-electron chi connectivity index (χ1n) is 8.33. The van der Waals surface area contributed by atoms with Gasteiger partial charge in [-0.3, -0.25) is 9.78 Å². The molecule has 1 fully saturated rings. The van der Waals surface area contributed by atoms with Crippen molar-refractivity contribution in [3.63, 3.8) is 0 Å². The number of benzene rings is 1. The highest BCUT2D eigenvalue weighted by molar-refractivity contribution is 5.94. The van der Waals surface area contributed by atoms with Crippen molar-refractivity contribution in [2.75, 3.05) is 13.1 Å². The maximum Gasteiger partial charge on any atom is 0.254 e. The van der Waals surface area contributed by atoms with Gasteiger partial charge >= 0.3 is 0 Å². The van der Waals surface area contributed by atoms with Crippen LogP contribution in [0, 0.1) is 6.92 Å². The number of ether oxygens (including phenoxy) is 1. The molecule has 126 valence electrons. The quantitative estimate of drug-likeness (QED) is 0.917. The number of aromatic nitrogens is 1. The SMILES string of the molecule is Cc1ccc(OCc2cccc(C(=O)N3CCC[C@@H]3CN)c2)cn1. The van der Waals surface area contributed by atoms with Crippen LogP contribution in [0.25, 0.3) is 0 Å². The molecule has 0 spiro atoms. The first-order valence-corrected chi connectivity index (χ1v) is 8.33. The second-order valence-corrected chi connectivity index (χ2v) is 6.15. The molecule has 0 unspecified atom stereocenters. The monoisotopic (exact) mass is 325 g/mol. The highest BCUT2D eigenvalue weighted by Gasteiger charge is 2.28. The predicted molar refractivity (Wildman–Crippen MR) is 92.9 cm³/mol. The average Bonchev–Trinajstić information content (AvgIpc) is 3.09. The largest absolute Gasteiger partial charge is 0.487 e. The van der Waals surface area contributed by atoms with E-state index in [1.54, 1.807) is 6.20 Å². The van der Waals surface area contributed by atoms with Crippen LogP contribution < -0.4 is 10.5 Å². The Labute approximate surface area is 142 Å². The molecule has 1 atom stereocenters. The van der Waals surface area contributed by atoms with Gasteiger partial charge in [-0.1, -0.05) is 12.1 Å². The summed E-state index contributed by atoms with van der Waals surface area (Å²) in [5.74, 6) is 0.780. The number of pyridine rings is 1. The maximum atomic E-state index is 12.7. The van der Waals surface area contributed by atoms with E-state index in [2.05, 4.69) is 4.98 Å². The van der Waals surface area contributed by atoms with Gasteiger partial charge < -0.3 is 15.4 Å². The third kappa shape index (κ3) is 3.74. The zero-order valence-corrected chi connectivity index (χ0v) is 13.9. The normalized spacial score (nSPS) is 17.1. The van der Waals surface area contributed by atoms with Crippen molar-refractivity contribution in [3.8, 4) is 5.75 Å². The minimum absolute atomic E-state index is 0.0572. The lowest BCUT2D eigenvalue weighted by Gasteiger charge is -2.23. The summed E-state index contributed by atoms with van der Waals surface area (Å²) >= 11 is 0. The van der Waals surface area contributed by atoms with E-state index < -0.39 is 0 Å². The Morgan fingerprint density at radius 2 is 2.25 bits per heavy atom. The lowest BCUT2D eigenvalue weighted by atomic mass is 10.1. The summed E-state index contributed by atoms with van der Waals surface area (Å²) in [7, 11) is 0. The Hall–Kier alpha value is -2.40. The number of rotatable bonds is 5. The summed E-state index contributed by atoms with van der Waals surface area (Å²) in [6.45, 7) is 3.66. The number of carbonyl (C=O) groups is 1. The van der Waals surface area contributed by atoms with E-state index in [1.807, 2.05) is 48.2 Å². The molecule has 2 N–H and O–H groups in total. The molecule has 0 bridgehead atoms. The van der Waals surface area contributed by atoms with Gasteiger partial charge in [0.1, 0.15) is 12.4 Å². The molecule has 24 heavy (non-hydrogen) atoms. The molecule has 1 aliphatic heterocycles. The van der Waals surface area contributed by atoms with Gasteiger partial charge in [-0.05, 0) is 49.6 Å². The fourth-order valence-electron chi connectivity index (χ4n) is 3.01. The van der Waals surface area contributed by atoms with E-state index in [0.29, 0.717) is 18.7 Å². The highest BCUT2D eigenvalue weighted by Crippen LogP contribution is 2.20. The summed E-state index contributed by atoms with van der Waals surface area (Å²) in [5, 5.41) is 0. The predicted octanol–water partition coefficient (Wildman–Crippen LogP) is 2.53. The Balaban J connectivity index is 1.67. The van der Waals surface area contributed by atoms with Crippen molar-refractivity contribution >= 4 is 5.91 Å². The van der Waals surface area contributed by atoms with E-state index in [-0.39, 0.29) is 11.9 Å². The zero-order chi connectivity index (χ0) is 16.9. The number of likely N-dealkylation sites (tertiary alicyclic amines) is 1. The molecule has 1 aromatic carbocycles. The fraction of sp³-hybridized carbons (Fsp3) is 0.368. The fourth-order valence-corrected chi connectivity index (χ4v) is 3.01.